The molecule has 2 aromatic rings. The number of benzene rings is 1. The fourth-order valence-electron chi connectivity index (χ4n) is 4.39. The molecule has 0 saturated heterocycles. The van der Waals surface area contributed by atoms with Crippen molar-refractivity contribution in [1.29, 1.82) is 0 Å². The molecule has 0 fully saturated rings. The van der Waals surface area contributed by atoms with Crippen molar-refractivity contribution in [2.45, 2.75) is 19.8 Å². The fraction of sp³-hybridized carbons (Fsp3) is 0.238. The minimum absolute atomic E-state index is 0.149. The van der Waals surface area contributed by atoms with Gasteiger partial charge in [-0.05, 0) is 31.5 Å². The van der Waals surface area contributed by atoms with Crippen molar-refractivity contribution in [3.05, 3.63) is 67.5 Å². The molecule has 1 aromatic carbocycles. The number of hydrogen-bond acceptors (Lipinski definition) is 6. The number of carbonyl (C=O) groups excluding carboxylic acids is 1. The highest BCUT2D eigenvalue weighted by Gasteiger charge is 2.42. The molecule has 31 heavy (non-hydrogen) atoms. The lowest BCUT2D eigenvalue weighted by Gasteiger charge is -2.35. The summed E-state index contributed by atoms with van der Waals surface area (Å²) in [6.45, 7) is 3.60. The van der Waals surface area contributed by atoms with Gasteiger partial charge in [-0.3, -0.25) is 14.8 Å². The summed E-state index contributed by atoms with van der Waals surface area (Å²) in [5, 5.41) is 2.84. The van der Waals surface area contributed by atoms with Crippen molar-refractivity contribution in [2.24, 2.45) is 20.9 Å². The Hall–Kier alpha value is -4.08. The number of carbonyl (C=O) groups is 1. The molecular formula is C21H18N6O4. The molecule has 10 heteroatoms. The van der Waals surface area contributed by atoms with Crippen molar-refractivity contribution in [3.63, 3.8) is 0 Å². The van der Waals surface area contributed by atoms with Gasteiger partial charge in [-0.25, -0.2) is 24.6 Å². The fourth-order valence-corrected chi connectivity index (χ4v) is 4.39. The Labute approximate surface area is 175 Å². The number of aromatic nitrogens is 2. The van der Waals surface area contributed by atoms with Crippen LogP contribution in [0.15, 0.2) is 60.1 Å². The zero-order chi connectivity index (χ0) is 21.9. The van der Waals surface area contributed by atoms with Crippen LogP contribution in [0, 0.1) is 5.92 Å². The van der Waals surface area contributed by atoms with Crippen LogP contribution in [0.3, 0.4) is 0 Å². The Balaban J connectivity index is 1.85. The van der Waals surface area contributed by atoms with Crippen LogP contribution in [0.25, 0.3) is 0 Å². The topological polar surface area (TPSA) is 141 Å². The predicted octanol–water partition coefficient (Wildman–Crippen LogP) is 1.78. The summed E-state index contributed by atoms with van der Waals surface area (Å²) in [5.41, 5.74) is 2.36. The Morgan fingerprint density at radius 1 is 0.903 bits per heavy atom. The van der Waals surface area contributed by atoms with Crippen molar-refractivity contribution in [3.8, 4) is 5.75 Å². The number of nitrogens with zero attached hydrogens (tertiary/aromatic N) is 3. The van der Waals surface area contributed by atoms with E-state index in [1.807, 2.05) is 19.1 Å². The molecule has 4 heterocycles. The third-order valence-corrected chi connectivity index (χ3v) is 5.66. The van der Waals surface area contributed by atoms with E-state index in [0.717, 1.165) is 5.56 Å². The molecular weight excluding hydrogens is 400 g/mol. The molecule has 1 aromatic heterocycles. The van der Waals surface area contributed by atoms with Gasteiger partial charge in [0.2, 0.25) is 0 Å². The van der Waals surface area contributed by atoms with Gasteiger partial charge in [-0.1, -0.05) is 12.1 Å². The van der Waals surface area contributed by atoms with E-state index in [2.05, 4.69) is 30.3 Å². The summed E-state index contributed by atoms with van der Waals surface area (Å²) in [6.07, 6.45) is 0. The molecule has 0 spiro atoms. The molecule has 3 aliphatic heterocycles. The number of amides is 2. The van der Waals surface area contributed by atoms with Gasteiger partial charge in [0.15, 0.2) is 5.84 Å². The van der Waals surface area contributed by atoms with E-state index in [-0.39, 0.29) is 17.3 Å². The molecule has 10 nitrogen and oxygen atoms in total. The highest BCUT2D eigenvalue weighted by atomic mass is 16.5. The largest absolute Gasteiger partial charge is 0.497 e. The number of dihydropyridines is 1. The second kappa shape index (κ2) is 6.73. The lowest BCUT2D eigenvalue weighted by Crippen LogP contribution is -2.44. The van der Waals surface area contributed by atoms with E-state index in [1.165, 1.54) is 0 Å². The van der Waals surface area contributed by atoms with E-state index in [0.29, 0.717) is 34.3 Å². The summed E-state index contributed by atoms with van der Waals surface area (Å²) in [5.74, 6) is 0.209. The van der Waals surface area contributed by atoms with Gasteiger partial charge in [-0.2, -0.15) is 0 Å². The van der Waals surface area contributed by atoms with Crippen molar-refractivity contribution >= 4 is 29.1 Å². The molecule has 3 N–H and O–H groups in total. The number of allylic oxidation sites excluding steroid dienone is 1. The molecule has 2 amide bonds. The van der Waals surface area contributed by atoms with E-state index >= 15 is 0 Å². The Kier molecular flexibility index (Phi) is 4.10. The number of amidine groups is 1. The van der Waals surface area contributed by atoms with Crippen molar-refractivity contribution in [1.82, 2.24) is 15.3 Å². The van der Waals surface area contributed by atoms with E-state index < -0.39 is 23.2 Å². The number of H-pyrrole nitrogens is 2. The molecule has 3 aliphatic rings. The first-order chi connectivity index (χ1) is 14.9. The van der Waals surface area contributed by atoms with Gasteiger partial charge < -0.3 is 10.1 Å². The Morgan fingerprint density at radius 2 is 1.61 bits per heavy atom. The smallest absolute Gasteiger partial charge is 0.345 e. The number of methoxy groups -OCH3 is 1. The second-order valence-corrected chi connectivity index (χ2v) is 7.51. The van der Waals surface area contributed by atoms with Crippen LogP contribution in [-0.4, -0.2) is 40.4 Å². The summed E-state index contributed by atoms with van der Waals surface area (Å²) in [7, 11) is 1.57. The van der Waals surface area contributed by atoms with E-state index in [1.54, 1.807) is 26.2 Å². The monoisotopic (exact) mass is 418 g/mol. The second-order valence-electron chi connectivity index (χ2n) is 7.51. The van der Waals surface area contributed by atoms with E-state index in [4.69, 9.17) is 4.74 Å². The maximum atomic E-state index is 12.9. The molecule has 0 aliphatic carbocycles. The summed E-state index contributed by atoms with van der Waals surface area (Å²) >= 11 is 0. The Bertz CT molecular complexity index is 1370. The van der Waals surface area contributed by atoms with Crippen molar-refractivity contribution < 1.29 is 9.53 Å². The minimum Gasteiger partial charge on any atom is -0.497 e. The SMILES string of the molecule is COc1ccc(C2C3=C4NC(=O)N=C(C)C4C(C)=NC3=Nc3[nH]c(=O)[nH]c(=O)c32)cc1. The molecule has 156 valence electrons. The van der Waals surface area contributed by atoms with Gasteiger partial charge in [0.1, 0.15) is 11.6 Å². The van der Waals surface area contributed by atoms with Crippen LogP contribution in [-0.2, 0) is 0 Å². The number of aliphatic imine (C=N–C) groups is 3. The summed E-state index contributed by atoms with van der Waals surface area (Å²) < 4.78 is 5.25. The third kappa shape index (κ3) is 2.87. The van der Waals surface area contributed by atoms with Crippen molar-refractivity contribution in [2.75, 3.05) is 7.11 Å². The first-order valence-electron chi connectivity index (χ1n) is 9.62. The molecule has 0 radical (unpaired) electrons. The lowest BCUT2D eigenvalue weighted by atomic mass is 9.77. The minimum atomic E-state index is -0.652. The maximum Gasteiger partial charge on any atom is 0.345 e. The van der Waals surface area contributed by atoms with Crippen LogP contribution in [0.5, 0.6) is 5.75 Å². The summed E-state index contributed by atoms with van der Waals surface area (Å²) in [6, 6.07) is 6.75. The van der Waals surface area contributed by atoms with Gasteiger partial charge in [-0.15, -0.1) is 0 Å². The maximum absolute atomic E-state index is 12.9. The molecule has 2 unspecified atom stereocenters. The molecule has 0 bridgehead atoms. The number of ether oxygens (including phenoxy) is 1. The van der Waals surface area contributed by atoms with E-state index in [9.17, 15) is 14.4 Å². The third-order valence-electron chi connectivity index (χ3n) is 5.66. The number of hydrogen-bond donors (Lipinski definition) is 3. The zero-order valence-corrected chi connectivity index (χ0v) is 16.9. The highest BCUT2D eigenvalue weighted by Crippen LogP contribution is 2.44. The zero-order valence-electron chi connectivity index (χ0n) is 16.9. The van der Waals surface area contributed by atoms with Gasteiger partial charge >= 0.3 is 11.7 Å². The van der Waals surface area contributed by atoms with Crippen LogP contribution < -0.4 is 21.3 Å². The molecule has 0 saturated carbocycles. The first-order valence-corrected chi connectivity index (χ1v) is 9.62. The standard InChI is InChI=1S/C21H18N6O4/c1-8-12-9(2)23-20(29)24-16(12)14-13(10-4-6-11(31-3)7-5-10)15-18(25-17(14)22-8)26-21(30)27-19(15)28/h4-7,12-13H,1-3H3,(H,24,29)(H2,26,27,28,30). The number of urea groups is 1. The first kappa shape index (κ1) is 18.9. The number of aromatic amines is 2. The van der Waals surface area contributed by atoms with Crippen LogP contribution in [0.1, 0.15) is 30.9 Å². The average Bonchev–Trinajstić information content (AvgIpc) is 2.71. The number of rotatable bonds is 2. The van der Waals surface area contributed by atoms with Crippen LogP contribution in [0.2, 0.25) is 0 Å². The van der Waals surface area contributed by atoms with Crippen LogP contribution >= 0.6 is 0 Å². The molecule has 5 rings (SSSR count). The highest BCUT2D eigenvalue weighted by molar-refractivity contribution is 6.22. The van der Waals surface area contributed by atoms with Gasteiger partial charge in [0.05, 0.1) is 18.6 Å². The predicted molar refractivity (Wildman–Crippen MR) is 115 cm³/mol. The normalized spacial score (nSPS) is 21.8. The van der Waals surface area contributed by atoms with Gasteiger partial charge in [0.25, 0.3) is 5.56 Å². The van der Waals surface area contributed by atoms with Crippen LogP contribution in [0.4, 0.5) is 10.6 Å². The number of nitrogens with one attached hydrogen (secondary N) is 3. The number of fused-ring (bicyclic) bond motifs is 3. The summed E-state index contributed by atoms with van der Waals surface area (Å²) in [4.78, 5) is 55.1. The molecule has 2 atom stereocenters. The van der Waals surface area contributed by atoms with Gasteiger partial charge in [0, 0.05) is 28.6 Å². The lowest BCUT2D eigenvalue weighted by molar-refractivity contribution is 0.250. The Morgan fingerprint density at radius 3 is 2.32 bits per heavy atom. The quantitative estimate of drug-likeness (QED) is 0.683. The average molecular weight is 418 g/mol.